The smallest absolute Gasteiger partial charge is 0.227 e. The number of hydrogen-bond donors (Lipinski definition) is 2. The van der Waals surface area contributed by atoms with Crippen LogP contribution in [-0.2, 0) is 0 Å². The van der Waals surface area contributed by atoms with Crippen molar-refractivity contribution < 1.29 is 19.0 Å². The average molecular weight is 356 g/mol. The Morgan fingerprint density at radius 3 is 2.32 bits per heavy atom. The van der Waals surface area contributed by atoms with Gasteiger partial charge in [0.1, 0.15) is 11.3 Å². The zero-order valence-electron chi connectivity index (χ0n) is 12.7. The van der Waals surface area contributed by atoms with Crippen molar-refractivity contribution in [3.05, 3.63) is 65.4 Å². The van der Waals surface area contributed by atoms with Crippen molar-refractivity contribution in [3.8, 4) is 34.1 Å². The number of benzene rings is 3. The summed E-state index contributed by atoms with van der Waals surface area (Å²) in [7, 11) is 0. The van der Waals surface area contributed by atoms with E-state index in [0.717, 1.165) is 17.2 Å². The molecular weight excluding hydrogens is 345 g/mol. The maximum absolute atomic E-state index is 13.2. The van der Waals surface area contributed by atoms with Crippen LogP contribution in [0, 0.1) is 5.82 Å². The Bertz CT molecular complexity index is 1060. The first-order chi connectivity index (χ1) is 12.0. The van der Waals surface area contributed by atoms with E-state index in [-0.39, 0.29) is 16.7 Å². The Kier molecular flexibility index (Phi) is 3.58. The molecule has 4 aromatic rings. The van der Waals surface area contributed by atoms with Crippen molar-refractivity contribution in [3.63, 3.8) is 0 Å². The van der Waals surface area contributed by atoms with Gasteiger partial charge in [0.25, 0.3) is 0 Å². The topological polar surface area (TPSA) is 66.5 Å². The molecule has 1 heterocycles. The summed E-state index contributed by atoms with van der Waals surface area (Å²) >= 11 is 5.96. The third kappa shape index (κ3) is 2.79. The van der Waals surface area contributed by atoms with Gasteiger partial charge in [-0.15, -0.1) is 0 Å². The van der Waals surface area contributed by atoms with E-state index in [1.165, 1.54) is 18.2 Å². The summed E-state index contributed by atoms with van der Waals surface area (Å²) < 4.78 is 18.9. The van der Waals surface area contributed by atoms with E-state index < -0.39 is 11.6 Å². The highest BCUT2D eigenvalue weighted by Gasteiger charge is 2.12. The largest absolute Gasteiger partial charge is 0.506 e. The van der Waals surface area contributed by atoms with Gasteiger partial charge in [-0.25, -0.2) is 9.37 Å². The molecule has 0 saturated heterocycles. The highest BCUT2D eigenvalue weighted by Crippen LogP contribution is 2.33. The molecule has 124 valence electrons. The standard InChI is InChI=1S/C19H11ClFNO3/c20-13-7-10(2-5-16(13)23)11-3-6-18-15(8-11)22-19(25-18)12-1-4-14(21)17(24)9-12/h1-9,23-24H. The molecule has 4 rings (SSSR count). The molecule has 0 atom stereocenters. The second kappa shape index (κ2) is 5.79. The molecule has 0 aliphatic rings. The minimum atomic E-state index is -0.702. The van der Waals surface area contributed by atoms with E-state index >= 15 is 0 Å². The lowest BCUT2D eigenvalue weighted by molar-refractivity contribution is 0.432. The summed E-state index contributed by atoms with van der Waals surface area (Å²) in [6.45, 7) is 0. The first-order valence-corrected chi connectivity index (χ1v) is 7.77. The molecular formula is C19H11ClFNO3. The maximum atomic E-state index is 13.2. The van der Waals surface area contributed by atoms with E-state index in [1.54, 1.807) is 18.2 Å². The van der Waals surface area contributed by atoms with Gasteiger partial charge in [0.15, 0.2) is 17.1 Å². The highest BCUT2D eigenvalue weighted by atomic mass is 35.5. The molecule has 0 fully saturated rings. The van der Waals surface area contributed by atoms with Crippen LogP contribution in [0.15, 0.2) is 59.0 Å². The van der Waals surface area contributed by atoms with Gasteiger partial charge in [-0.3, -0.25) is 0 Å². The van der Waals surface area contributed by atoms with Crippen LogP contribution in [0.5, 0.6) is 11.5 Å². The summed E-state index contributed by atoms with van der Waals surface area (Å²) in [5, 5.41) is 19.3. The van der Waals surface area contributed by atoms with E-state index in [1.807, 2.05) is 12.1 Å². The van der Waals surface area contributed by atoms with Gasteiger partial charge in [0, 0.05) is 5.56 Å². The van der Waals surface area contributed by atoms with Gasteiger partial charge in [0.05, 0.1) is 5.02 Å². The zero-order chi connectivity index (χ0) is 17.6. The fourth-order valence-corrected chi connectivity index (χ4v) is 2.74. The maximum Gasteiger partial charge on any atom is 0.227 e. The molecule has 6 heteroatoms. The van der Waals surface area contributed by atoms with Crippen molar-refractivity contribution in [1.82, 2.24) is 4.98 Å². The van der Waals surface area contributed by atoms with Gasteiger partial charge in [-0.2, -0.15) is 0 Å². The fraction of sp³-hybridized carbons (Fsp3) is 0. The summed E-state index contributed by atoms with van der Waals surface area (Å²) in [5.41, 5.74) is 3.34. The number of fused-ring (bicyclic) bond motifs is 1. The van der Waals surface area contributed by atoms with E-state index in [4.69, 9.17) is 16.0 Å². The number of oxazole rings is 1. The van der Waals surface area contributed by atoms with Crippen LogP contribution in [0.25, 0.3) is 33.7 Å². The van der Waals surface area contributed by atoms with Crippen LogP contribution in [0.1, 0.15) is 0 Å². The number of phenols is 2. The van der Waals surface area contributed by atoms with Crippen molar-refractivity contribution in [2.75, 3.05) is 0 Å². The molecule has 0 amide bonds. The van der Waals surface area contributed by atoms with Gasteiger partial charge in [-0.05, 0) is 53.6 Å². The number of hydrogen-bond acceptors (Lipinski definition) is 4. The van der Waals surface area contributed by atoms with Crippen LogP contribution in [0.2, 0.25) is 5.02 Å². The molecule has 0 spiro atoms. The monoisotopic (exact) mass is 355 g/mol. The van der Waals surface area contributed by atoms with Gasteiger partial charge >= 0.3 is 0 Å². The van der Waals surface area contributed by atoms with Gasteiger partial charge in [-0.1, -0.05) is 23.7 Å². The average Bonchev–Trinajstić information content (AvgIpc) is 3.03. The first-order valence-electron chi connectivity index (χ1n) is 7.39. The molecule has 0 unspecified atom stereocenters. The molecule has 0 aliphatic heterocycles. The molecule has 2 N–H and O–H groups in total. The Hall–Kier alpha value is -3.05. The highest BCUT2D eigenvalue weighted by molar-refractivity contribution is 6.32. The van der Waals surface area contributed by atoms with Crippen molar-refractivity contribution in [2.24, 2.45) is 0 Å². The second-order valence-corrected chi connectivity index (χ2v) is 5.94. The van der Waals surface area contributed by atoms with Crippen LogP contribution in [-0.4, -0.2) is 15.2 Å². The Labute approximate surface area is 146 Å². The number of rotatable bonds is 2. The predicted octanol–water partition coefficient (Wildman–Crippen LogP) is 5.37. The minimum absolute atomic E-state index is 0.0198. The number of aromatic hydroxyl groups is 2. The number of aromatic nitrogens is 1. The second-order valence-electron chi connectivity index (χ2n) is 5.53. The molecule has 25 heavy (non-hydrogen) atoms. The molecule has 3 aromatic carbocycles. The quantitative estimate of drug-likeness (QED) is 0.507. The summed E-state index contributed by atoms with van der Waals surface area (Å²) in [6, 6.07) is 14.3. The van der Waals surface area contributed by atoms with Crippen molar-refractivity contribution in [2.45, 2.75) is 0 Å². The van der Waals surface area contributed by atoms with E-state index in [0.29, 0.717) is 16.7 Å². The summed E-state index contributed by atoms with van der Waals surface area (Å²) in [5.74, 6) is -0.858. The Morgan fingerprint density at radius 1 is 0.840 bits per heavy atom. The van der Waals surface area contributed by atoms with Crippen molar-refractivity contribution >= 4 is 22.7 Å². The first kappa shape index (κ1) is 15.5. The van der Waals surface area contributed by atoms with Gasteiger partial charge < -0.3 is 14.6 Å². The van der Waals surface area contributed by atoms with E-state index in [9.17, 15) is 14.6 Å². The van der Waals surface area contributed by atoms with Crippen LogP contribution in [0.4, 0.5) is 4.39 Å². The lowest BCUT2D eigenvalue weighted by atomic mass is 10.1. The zero-order valence-corrected chi connectivity index (χ0v) is 13.5. The Morgan fingerprint density at radius 2 is 1.56 bits per heavy atom. The molecule has 1 aromatic heterocycles. The number of phenolic OH excluding ortho intramolecular Hbond substituents is 2. The molecule has 0 bridgehead atoms. The summed E-state index contributed by atoms with van der Waals surface area (Å²) in [6.07, 6.45) is 0. The normalized spacial score (nSPS) is 11.1. The van der Waals surface area contributed by atoms with Crippen LogP contribution < -0.4 is 0 Å². The molecule has 0 saturated carbocycles. The van der Waals surface area contributed by atoms with Crippen LogP contribution in [0.3, 0.4) is 0 Å². The van der Waals surface area contributed by atoms with Crippen molar-refractivity contribution in [1.29, 1.82) is 0 Å². The fourth-order valence-electron chi connectivity index (χ4n) is 2.56. The summed E-state index contributed by atoms with van der Waals surface area (Å²) in [4.78, 5) is 4.40. The molecule has 4 nitrogen and oxygen atoms in total. The molecule has 0 aliphatic carbocycles. The number of halogens is 2. The SMILES string of the molecule is Oc1cc(-c2nc3cc(-c4ccc(O)c(Cl)c4)ccc3o2)ccc1F. The Balaban J connectivity index is 1.78. The lowest BCUT2D eigenvalue weighted by Gasteiger charge is -2.03. The van der Waals surface area contributed by atoms with E-state index in [2.05, 4.69) is 4.98 Å². The molecule has 0 radical (unpaired) electrons. The minimum Gasteiger partial charge on any atom is -0.506 e. The van der Waals surface area contributed by atoms with Gasteiger partial charge in [0.2, 0.25) is 5.89 Å². The predicted molar refractivity (Wildman–Crippen MR) is 93.2 cm³/mol. The van der Waals surface area contributed by atoms with Crippen LogP contribution >= 0.6 is 11.6 Å². The number of nitrogens with zero attached hydrogens (tertiary/aromatic N) is 1. The third-order valence-corrected chi connectivity index (χ3v) is 4.16. The lowest BCUT2D eigenvalue weighted by Crippen LogP contribution is -1.81. The third-order valence-electron chi connectivity index (χ3n) is 3.86.